The lowest BCUT2D eigenvalue weighted by Gasteiger charge is -2.36. The van der Waals surface area contributed by atoms with Gasteiger partial charge in [0.1, 0.15) is 0 Å². The Morgan fingerprint density at radius 2 is 1.76 bits per heavy atom. The molecule has 3 heteroatoms. The third-order valence-corrected chi connectivity index (χ3v) is 4.35. The number of aliphatic hydroxyl groups excluding tert-OH is 1. The maximum absolute atomic E-state index is 12.3. The molecule has 0 bridgehead atoms. The molecule has 2 fully saturated rings. The first-order valence-corrected chi connectivity index (χ1v) is 7.21. The van der Waals surface area contributed by atoms with Crippen molar-refractivity contribution in [2.45, 2.75) is 63.8 Å². The van der Waals surface area contributed by atoms with Crippen LogP contribution in [0.1, 0.15) is 57.8 Å². The summed E-state index contributed by atoms with van der Waals surface area (Å²) in [4.78, 5) is 14.2. The summed E-state index contributed by atoms with van der Waals surface area (Å²) in [5.41, 5.74) is 0. The van der Waals surface area contributed by atoms with Crippen LogP contribution in [0.15, 0.2) is 0 Å². The van der Waals surface area contributed by atoms with E-state index in [1.54, 1.807) is 0 Å². The molecule has 1 amide bonds. The van der Waals surface area contributed by atoms with Crippen LogP contribution in [-0.4, -0.2) is 35.1 Å². The van der Waals surface area contributed by atoms with Crippen LogP contribution < -0.4 is 0 Å². The molecule has 1 N–H and O–H groups in total. The van der Waals surface area contributed by atoms with Crippen LogP contribution in [-0.2, 0) is 4.79 Å². The SMILES string of the molecule is O=C(CC1CCCCC1)N1CCCC[C@@H]1CO. The summed E-state index contributed by atoms with van der Waals surface area (Å²) in [5, 5.41) is 9.32. The Kier molecular flexibility index (Phi) is 4.84. The molecule has 2 aliphatic rings. The quantitative estimate of drug-likeness (QED) is 0.821. The maximum atomic E-state index is 12.3. The van der Waals surface area contributed by atoms with Crippen molar-refractivity contribution in [1.82, 2.24) is 4.90 Å². The van der Waals surface area contributed by atoms with Crippen molar-refractivity contribution in [3.63, 3.8) is 0 Å². The van der Waals surface area contributed by atoms with Gasteiger partial charge in [-0.1, -0.05) is 19.3 Å². The number of hydrogen-bond donors (Lipinski definition) is 1. The Labute approximate surface area is 104 Å². The van der Waals surface area contributed by atoms with Crippen molar-refractivity contribution in [3.05, 3.63) is 0 Å². The summed E-state index contributed by atoms with van der Waals surface area (Å²) in [5.74, 6) is 0.896. The largest absolute Gasteiger partial charge is 0.394 e. The summed E-state index contributed by atoms with van der Waals surface area (Å²) in [7, 11) is 0. The smallest absolute Gasteiger partial charge is 0.223 e. The highest BCUT2D eigenvalue weighted by atomic mass is 16.3. The molecule has 1 heterocycles. The average molecular weight is 239 g/mol. The second-order valence-corrected chi connectivity index (χ2v) is 5.63. The van der Waals surface area contributed by atoms with Gasteiger partial charge < -0.3 is 10.0 Å². The average Bonchev–Trinajstić information content (AvgIpc) is 2.40. The molecule has 98 valence electrons. The molecule has 0 radical (unpaired) electrons. The van der Waals surface area contributed by atoms with E-state index >= 15 is 0 Å². The van der Waals surface area contributed by atoms with Gasteiger partial charge in [-0.05, 0) is 38.0 Å². The van der Waals surface area contributed by atoms with Gasteiger partial charge in [-0.25, -0.2) is 0 Å². The van der Waals surface area contributed by atoms with Crippen molar-refractivity contribution in [1.29, 1.82) is 0 Å². The van der Waals surface area contributed by atoms with Gasteiger partial charge in [-0.2, -0.15) is 0 Å². The van der Waals surface area contributed by atoms with Crippen molar-refractivity contribution in [2.24, 2.45) is 5.92 Å². The maximum Gasteiger partial charge on any atom is 0.223 e. The third kappa shape index (κ3) is 3.44. The third-order valence-electron chi connectivity index (χ3n) is 4.35. The molecule has 0 aromatic heterocycles. The predicted molar refractivity (Wildman–Crippen MR) is 67.6 cm³/mol. The zero-order valence-corrected chi connectivity index (χ0v) is 10.7. The molecular weight excluding hydrogens is 214 g/mol. The summed E-state index contributed by atoms with van der Waals surface area (Å²) < 4.78 is 0. The van der Waals surface area contributed by atoms with Crippen LogP contribution in [0.4, 0.5) is 0 Å². The van der Waals surface area contributed by atoms with E-state index in [1.807, 2.05) is 4.90 Å². The van der Waals surface area contributed by atoms with Gasteiger partial charge >= 0.3 is 0 Å². The number of hydrogen-bond acceptors (Lipinski definition) is 2. The zero-order chi connectivity index (χ0) is 12.1. The van der Waals surface area contributed by atoms with E-state index < -0.39 is 0 Å². The first-order chi connectivity index (χ1) is 8.31. The van der Waals surface area contributed by atoms with E-state index in [9.17, 15) is 9.90 Å². The van der Waals surface area contributed by atoms with E-state index in [-0.39, 0.29) is 18.6 Å². The van der Waals surface area contributed by atoms with E-state index in [1.165, 1.54) is 32.1 Å². The second kappa shape index (κ2) is 6.39. The van der Waals surface area contributed by atoms with Crippen molar-refractivity contribution in [2.75, 3.05) is 13.2 Å². The molecule has 1 atom stereocenters. The normalized spacial score (nSPS) is 27.1. The highest BCUT2D eigenvalue weighted by molar-refractivity contribution is 5.77. The number of piperidine rings is 1. The Morgan fingerprint density at radius 1 is 1.06 bits per heavy atom. The van der Waals surface area contributed by atoms with Crippen LogP contribution in [0.5, 0.6) is 0 Å². The predicted octanol–water partition coefficient (Wildman–Crippen LogP) is 2.33. The zero-order valence-electron chi connectivity index (χ0n) is 10.7. The molecule has 1 saturated carbocycles. The monoisotopic (exact) mass is 239 g/mol. The molecule has 2 rings (SSSR count). The van der Waals surface area contributed by atoms with Crippen LogP contribution in [0, 0.1) is 5.92 Å². The number of aliphatic hydroxyl groups is 1. The van der Waals surface area contributed by atoms with Gasteiger partial charge in [-0.15, -0.1) is 0 Å². The Morgan fingerprint density at radius 3 is 2.47 bits per heavy atom. The number of nitrogens with zero attached hydrogens (tertiary/aromatic N) is 1. The summed E-state index contributed by atoms with van der Waals surface area (Å²) in [6, 6.07) is 0.0971. The fraction of sp³-hybridized carbons (Fsp3) is 0.929. The minimum atomic E-state index is 0.0971. The van der Waals surface area contributed by atoms with Gasteiger partial charge in [0.25, 0.3) is 0 Å². The number of carbonyl (C=O) groups is 1. The first kappa shape index (κ1) is 12.9. The fourth-order valence-corrected chi connectivity index (χ4v) is 3.27. The van der Waals surface area contributed by atoms with Crippen molar-refractivity contribution >= 4 is 5.91 Å². The highest BCUT2D eigenvalue weighted by Gasteiger charge is 2.27. The summed E-state index contributed by atoms with van der Waals surface area (Å²) >= 11 is 0. The fourth-order valence-electron chi connectivity index (χ4n) is 3.27. The van der Waals surface area contributed by atoms with Crippen LogP contribution >= 0.6 is 0 Å². The Hall–Kier alpha value is -0.570. The Balaban J connectivity index is 1.84. The van der Waals surface area contributed by atoms with Gasteiger partial charge in [-0.3, -0.25) is 4.79 Å². The number of rotatable bonds is 3. The first-order valence-electron chi connectivity index (χ1n) is 7.21. The molecule has 0 unspecified atom stereocenters. The summed E-state index contributed by atoms with van der Waals surface area (Å²) in [6.07, 6.45) is 10.3. The van der Waals surface area contributed by atoms with Crippen molar-refractivity contribution < 1.29 is 9.90 Å². The second-order valence-electron chi connectivity index (χ2n) is 5.63. The molecule has 3 nitrogen and oxygen atoms in total. The van der Waals surface area contributed by atoms with E-state index in [4.69, 9.17) is 0 Å². The van der Waals surface area contributed by atoms with Gasteiger partial charge in [0, 0.05) is 13.0 Å². The number of carbonyl (C=O) groups excluding carboxylic acids is 1. The lowest BCUT2D eigenvalue weighted by molar-refractivity contribution is -0.137. The van der Waals surface area contributed by atoms with Crippen LogP contribution in [0.2, 0.25) is 0 Å². The van der Waals surface area contributed by atoms with Gasteiger partial charge in [0.05, 0.1) is 12.6 Å². The molecule has 1 aliphatic heterocycles. The van der Waals surface area contributed by atoms with Crippen LogP contribution in [0.3, 0.4) is 0 Å². The van der Waals surface area contributed by atoms with Crippen molar-refractivity contribution in [3.8, 4) is 0 Å². The number of likely N-dealkylation sites (tertiary alicyclic amines) is 1. The van der Waals surface area contributed by atoms with Gasteiger partial charge in [0.15, 0.2) is 0 Å². The standard InChI is InChI=1S/C14H25NO2/c16-11-13-8-4-5-9-15(13)14(17)10-12-6-2-1-3-7-12/h12-13,16H,1-11H2/t13-/m1/s1. The molecule has 0 spiro atoms. The molecule has 1 saturated heterocycles. The van der Waals surface area contributed by atoms with Gasteiger partial charge in [0.2, 0.25) is 5.91 Å². The Bertz CT molecular complexity index is 249. The molecule has 1 aliphatic carbocycles. The minimum absolute atomic E-state index is 0.0971. The lowest BCUT2D eigenvalue weighted by Crippen LogP contribution is -2.46. The molecule has 17 heavy (non-hydrogen) atoms. The molecule has 0 aromatic carbocycles. The van der Waals surface area contributed by atoms with E-state index in [0.29, 0.717) is 5.92 Å². The minimum Gasteiger partial charge on any atom is -0.394 e. The van der Waals surface area contributed by atoms with E-state index in [2.05, 4.69) is 0 Å². The highest BCUT2D eigenvalue weighted by Crippen LogP contribution is 2.28. The topological polar surface area (TPSA) is 40.5 Å². The van der Waals surface area contributed by atoms with Crippen LogP contribution in [0.25, 0.3) is 0 Å². The van der Waals surface area contributed by atoms with E-state index in [0.717, 1.165) is 32.2 Å². The molecule has 0 aromatic rings. The number of amides is 1. The molecular formula is C14H25NO2. The summed E-state index contributed by atoms with van der Waals surface area (Å²) in [6.45, 7) is 0.993. The lowest BCUT2D eigenvalue weighted by atomic mass is 9.86.